The fraction of sp³-hybridized carbons (Fsp3) is 0.857. The molecule has 3 fully saturated rings. The maximum atomic E-state index is 12.8. The van der Waals surface area contributed by atoms with Gasteiger partial charge in [0.05, 0.1) is 10.4 Å². The van der Waals surface area contributed by atoms with Gasteiger partial charge in [0.15, 0.2) is 0 Å². The highest BCUT2D eigenvalue weighted by atomic mass is 32.1. The zero-order valence-corrected chi connectivity index (χ0v) is 12.3. The van der Waals surface area contributed by atoms with Crippen LogP contribution in [0.25, 0.3) is 0 Å². The highest BCUT2D eigenvalue weighted by molar-refractivity contribution is 7.80. The van der Waals surface area contributed by atoms with Gasteiger partial charge < -0.3 is 10.6 Å². The third kappa shape index (κ3) is 2.38. The molecule has 2 aliphatic carbocycles. The summed E-state index contributed by atoms with van der Waals surface area (Å²) in [5.74, 6) is 0.202. The maximum absolute atomic E-state index is 12.8. The fourth-order valence-electron chi connectivity index (χ4n) is 3.58. The van der Waals surface area contributed by atoms with Crippen LogP contribution in [0.2, 0.25) is 0 Å². The molecule has 1 saturated heterocycles. The predicted octanol–water partition coefficient (Wildman–Crippen LogP) is 1.14. The Labute approximate surface area is 120 Å². The Kier molecular flexibility index (Phi) is 3.52. The topological polar surface area (TPSA) is 49.6 Å². The van der Waals surface area contributed by atoms with E-state index in [1.807, 2.05) is 4.90 Å². The number of amides is 1. The van der Waals surface area contributed by atoms with Crippen molar-refractivity contribution in [2.24, 2.45) is 11.1 Å². The first-order chi connectivity index (χ1) is 9.13. The molecule has 0 atom stereocenters. The lowest BCUT2D eigenvalue weighted by Gasteiger charge is -2.39. The third-order valence-corrected chi connectivity index (χ3v) is 5.39. The van der Waals surface area contributed by atoms with E-state index in [0.29, 0.717) is 4.99 Å². The van der Waals surface area contributed by atoms with E-state index < -0.39 is 5.41 Å². The number of nitrogens with two attached hydrogens (primary N) is 1. The number of nitrogens with zero attached hydrogens (tertiary/aromatic N) is 2. The van der Waals surface area contributed by atoms with Crippen LogP contribution in [0, 0.1) is 5.41 Å². The number of hydrogen-bond acceptors (Lipinski definition) is 3. The second-order valence-electron chi connectivity index (χ2n) is 6.21. The predicted molar refractivity (Wildman–Crippen MR) is 78.9 cm³/mol. The van der Waals surface area contributed by atoms with Crippen molar-refractivity contribution in [1.29, 1.82) is 0 Å². The van der Waals surface area contributed by atoms with E-state index in [4.69, 9.17) is 18.0 Å². The number of carbonyl (C=O) groups excluding carboxylic acids is 1. The van der Waals surface area contributed by atoms with Crippen LogP contribution >= 0.6 is 12.2 Å². The summed E-state index contributed by atoms with van der Waals surface area (Å²) in [4.78, 5) is 17.7. The maximum Gasteiger partial charge on any atom is 0.235 e. The van der Waals surface area contributed by atoms with Crippen molar-refractivity contribution in [3.8, 4) is 0 Å². The van der Waals surface area contributed by atoms with Gasteiger partial charge in [-0.2, -0.15) is 0 Å². The first-order valence-electron chi connectivity index (χ1n) is 7.47. The molecule has 0 bridgehead atoms. The molecular formula is C14H23N3OS. The molecule has 106 valence electrons. The second-order valence-corrected chi connectivity index (χ2v) is 6.65. The molecule has 0 radical (unpaired) electrons. The largest absolute Gasteiger partial charge is 0.392 e. The molecule has 2 N–H and O–H groups in total. The summed E-state index contributed by atoms with van der Waals surface area (Å²) in [6.45, 7) is 3.73. The molecular weight excluding hydrogens is 258 g/mol. The van der Waals surface area contributed by atoms with Crippen LogP contribution in [0.5, 0.6) is 0 Å². The van der Waals surface area contributed by atoms with Crippen LogP contribution in [0.4, 0.5) is 0 Å². The van der Waals surface area contributed by atoms with Crippen molar-refractivity contribution in [1.82, 2.24) is 9.80 Å². The number of thiocarbonyl (C=S) groups is 1. The van der Waals surface area contributed by atoms with Gasteiger partial charge in [-0.05, 0) is 25.7 Å². The van der Waals surface area contributed by atoms with Gasteiger partial charge in [-0.1, -0.05) is 25.1 Å². The van der Waals surface area contributed by atoms with E-state index in [1.165, 1.54) is 12.8 Å². The Morgan fingerprint density at radius 2 is 1.68 bits per heavy atom. The fourth-order valence-corrected chi connectivity index (χ4v) is 3.87. The van der Waals surface area contributed by atoms with Crippen LogP contribution in [0.15, 0.2) is 0 Å². The first kappa shape index (κ1) is 13.3. The van der Waals surface area contributed by atoms with Gasteiger partial charge in [-0.15, -0.1) is 0 Å². The summed E-state index contributed by atoms with van der Waals surface area (Å²) in [6.07, 6.45) is 6.53. The van der Waals surface area contributed by atoms with Crippen LogP contribution in [0.1, 0.15) is 38.5 Å². The standard InChI is InChI=1S/C14H23N3OS/c15-12(19)14(5-1-2-6-14)13(18)17-9-7-16(8-10-17)11-3-4-11/h11H,1-10H2,(H2,15,19). The molecule has 3 aliphatic rings. The number of rotatable bonds is 3. The van der Waals surface area contributed by atoms with Gasteiger partial charge in [0.1, 0.15) is 0 Å². The summed E-state index contributed by atoms with van der Waals surface area (Å²) in [5.41, 5.74) is 5.38. The average Bonchev–Trinajstić information content (AvgIpc) is 3.15. The van der Waals surface area contributed by atoms with Crippen molar-refractivity contribution in [2.75, 3.05) is 26.2 Å². The Bertz CT molecular complexity index is 380. The number of piperazine rings is 1. The molecule has 0 spiro atoms. The van der Waals surface area contributed by atoms with Gasteiger partial charge in [0, 0.05) is 32.2 Å². The summed E-state index contributed by atoms with van der Waals surface area (Å²) >= 11 is 5.21. The number of carbonyl (C=O) groups is 1. The third-order valence-electron chi connectivity index (χ3n) is 5.00. The van der Waals surface area contributed by atoms with Crippen LogP contribution in [-0.4, -0.2) is 52.9 Å². The Hall–Kier alpha value is -0.680. The molecule has 2 saturated carbocycles. The summed E-state index contributed by atoms with van der Waals surface area (Å²) in [5, 5.41) is 0. The highest BCUT2D eigenvalue weighted by Gasteiger charge is 2.46. The Morgan fingerprint density at radius 1 is 1.11 bits per heavy atom. The summed E-state index contributed by atoms with van der Waals surface area (Å²) in [7, 11) is 0. The Balaban J connectivity index is 1.65. The minimum absolute atomic E-state index is 0.202. The lowest BCUT2D eigenvalue weighted by Crippen LogP contribution is -2.55. The van der Waals surface area contributed by atoms with E-state index in [0.717, 1.165) is 57.9 Å². The normalized spacial score (nSPS) is 27.5. The van der Waals surface area contributed by atoms with Crippen molar-refractivity contribution >= 4 is 23.1 Å². The minimum Gasteiger partial charge on any atom is -0.392 e. The van der Waals surface area contributed by atoms with E-state index in [2.05, 4.69) is 4.90 Å². The lowest BCUT2D eigenvalue weighted by atomic mass is 9.84. The molecule has 1 aliphatic heterocycles. The smallest absolute Gasteiger partial charge is 0.235 e. The zero-order chi connectivity index (χ0) is 13.5. The molecule has 5 heteroatoms. The summed E-state index contributed by atoms with van der Waals surface area (Å²) in [6, 6.07) is 0.799. The van der Waals surface area contributed by atoms with Crippen molar-refractivity contribution in [3.63, 3.8) is 0 Å². The Morgan fingerprint density at radius 3 is 2.16 bits per heavy atom. The van der Waals surface area contributed by atoms with Crippen molar-refractivity contribution in [2.45, 2.75) is 44.6 Å². The van der Waals surface area contributed by atoms with Crippen molar-refractivity contribution in [3.05, 3.63) is 0 Å². The van der Waals surface area contributed by atoms with E-state index in [9.17, 15) is 4.79 Å². The van der Waals surface area contributed by atoms with Gasteiger partial charge in [-0.25, -0.2) is 0 Å². The molecule has 1 heterocycles. The van der Waals surface area contributed by atoms with Crippen LogP contribution in [-0.2, 0) is 4.79 Å². The molecule has 4 nitrogen and oxygen atoms in total. The molecule has 0 aromatic carbocycles. The average molecular weight is 281 g/mol. The first-order valence-corrected chi connectivity index (χ1v) is 7.88. The lowest BCUT2D eigenvalue weighted by molar-refractivity contribution is -0.140. The minimum atomic E-state index is -0.517. The molecule has 0 unspecified atom stereocenters. The zero-order valence-electron chi connectivity index (χ0n) is 11.4. The number of hydrogen-bond donors (Lipinski definition) is 1. The molecule has 0 aromatic rings. The second kappa shape index (κ2) is 5.02. The summed E-state index contributed by atoms with van der Waals surface area (Å²) < 4.78 is 0. The highest BCUT2D eigenvalue weighted by Crippen LogP contribution is 2.40. The van der Waals surface area contributed by atoms with Gasteiger partial charge in [0.25, 0.3) is 0 Å². The van der Waals surface area contributed by atoms with E-state index in [1.54, 1.807) is 0 Å². The van der Waals surface area contributed by atoms with E-state index >= 15 is 0 Å². The van der Waals surface area contributed by atoms with Crippen LogP contribution in [0.3, 0.4) is 0 Å². The molecule has 3 rings (SSSR count). The SMILES string of the molecule is NC(=S)C1(C(=O)N2CCN(C3CC3)CC2)CCCC1. The van der Waals surface area contributed by atoms with Crippen LogP contribution < -0.4 is 5.73 Å². The van der Waals surface area contributed by atoms with E-state index in [-0.39, 0.29) is 5.91 Å². The van der Waals surface area contributed by atoms with Gasteiger partial charge >= 0.3 is 0 Å². The van der Waals surface area contributed by atoms with Crippen molar-refractivity contribution < 1.29 is 4.79 Å². The van der Waals surface area contributed by atoms with Gasteiger partial charge in [0.2, 0.25) is 5.91 Å². The monoisotopic (exact) mass is 281 g/mol. The quantitative estimate of drug-likeness (QED) is 0.788. The van der Waals surface area contributed by atoms with Gasteiger partial charge in [-0.3, -0.25) is 9.69 Å². The molecule has 19 heavy (non-hydrogen) atoms. The molecule has 1 amide bonds. The molecule has 0 aromatic heterocycles.